The molecule has 1 aliphatic rings. The monoisotopic (exact) mass is 293 g/mol. The van der Waals surface area contributed by atoms with Gasteiger partial charge in [0.2, 0.25) is 0 Å². The van der Waals surface area contributed by atoms with Crippen LogP contribution in [0.15, 0.2) is 18.2 Å². The maximum atomic E-state index is 12.9. The molecule has 1 aliphatic heterocycles. The van der Waals surface area contributed by atoms with Gasteiger partial charge in [-0.2, -0.15) is 13.2 Å². The highest BCUT2D eigenvalue weighted by Crippen LogP contribution is 2.39. The Labute approximate surface area is 112 Å². The van der Waals surface area contributed by atoms with Gasteiger partial charge in [0.25, 0.3) is 0 Å². The Bertz CT molecular complexity index is 504. The molecule has 0 aromatic heterocycles. The van der Waals surface area contributed by atoms with E-state index in [1.54, 1.807) is 0 Å². The Morgan fingerprint density at radius 3 is 2.63 bits per heavy atom. The van der Waals surface area contributed by atoms with E-state index in [0.717, 1.165) is 6.07 Å². The van der Waals surface area contributed by atoms with E-state index >= 15 is 0 Å². The molecular formula is C12H11ClF3NO2. The first-order valence-electron chi connectivity index (χ1n) is 5.62. The summed E-state index contributed by atoms with van der Waals surface area (Å²) in [6.07, 6.45) is -4.37. The Hall–Kier alpha value is -1.27. The number of carbonyl (C=O) groups is 1. The number of hydrogen-bond donors (Lipinski definition) is 2. The third-order valence-corrected chi connectivity index (χ3v) is 3.41. The van der Waals surface area contributed by atoms with Crippen LogP contribution in [0.4, 0.5) is 13.2 Å². The standard InChI is InChI=1S/C12H11ClF3NO2/c13-7-1-2-8(9(4-7)12(14,15)16)10-3-6(5-17-10)11(18)19/h1-2,4,6,10,17H,3,5H2,(H,18,19). The minimum atomic E-state index is -4.51. The molecule has 0 spiro atoms. The summed E-state index contributed by atoms with van der Waals surface area (Å²) in [4.78, 5) is 10.8. The molecule has 1 aromatic carbocycles. The summed E-state index contributed by atoms with van der Waals surface area (Å²) in [6, 6.07) is 2.93. The van der Waals surface area contributed by atoms with Gasteiger partial charge in [0, 0.05) is 17.6 Å². The molecule has 7 heteroatoms. The minimum Gasteiger partial charge on any atom is -0.481 e. The lowest BCUT2D eigenvalue weighted by Crippen LogP contribution is -2.19. The average Bonchev–Trinajstić information content (AvgIpc) is 2.77. The van der Waals surface area contributed by atoms with Crippen molar-refractivity contribution in [1.29, 1.82) is 0 Å². The van der Waals surface area contributed by atoms with Crippen LogP contribution in [0.2, 0.25) is 5.02 Å². The van der Waals surface area contributed by atoms with E-state index in [0.29, 0.717) is 0 Å². The van der Waals surface area contributed by atoms with Crippen LogP contribution in [0, 0.1) is 5.92 Å². The first-order chi connectivity index (χ1) is 8.79. The summed E-state index contributed by atoms with van der Waals surface area (Å²) in [7, 11) is 0. The fourth-order valence-corrected chi connectivity index (χ4v) is 2.41. The molecule has 2 atom stereocenters. The highest BCUT2D eigenvalue weighted by atomic mass is 35.5. The zero-order valence-corrected chi connectivity index (χ0v) is 10.4. The number of rotatable bonds is 2. The summed E-state index contributed by atoms with van der Waals surface area (Å²) in [6.45, 7) is 0.167. The maximum absolute atomic E-state index is 12.9. The van der Waals surface area contributed by atoms with Crippen molar-refractivity contribution in [3.63, 3.8) is 0 Å². The number of benzene rings is 1. The van der Waals surface area contributed by atoms with E-state index in [9.17, 15) is 18.0 Å². The molecule has 19 heavy (non-hydrogen) atoms. The SMILES string of the molecule is O=C(O)C1CNC(c2ccc(Cl)cc2C(F)(F)F)C1. The number of carboxylic acid groups (broad SMARTS) is 1. The molecule has 0 aliphatic carbocycles. The summed E-state index contributed by atoms with van der Waals surface area (Å²) in [5, 5.41) is 11.7. The Morgan fingerprint density at radius 2 is 2.11 bits per heavy atom. The highest BCUT2D eigenvalue weighted by molar-refractivity contribution is 6.30. The van der Waals surface area contributed by atoms with E-state index in [-0.39, 0.29) is 23.6 Å². The van der Waals surface area contributed by atoms with E-state index < -0.39 is 29.7 Å². The fourth-order valence-electron chi connectivity index (χ4n) is 2.24. The molecule has 1 saturated heterocycles. The predicted molar refractivity (Wildman–Crippen MR) is 62.9 cm³/mol. The van der Waals surface area contributed by atoms with Gasteiger partial charge in [-0.05, 0) is 24.1 Å². The lowest BCUT2D eigenvalue weighted by Gasteiger charge is -2.18. The highest BCUT2D eigenvalue weighted by Gasteiger charge is 2.38. The number of nitrogens with one attached hydrogen (secondary N) is 1. The van der Waals surface area contributed by atoms with E-state index in [1.165, 1.54) is 12.1 Å². The molecule has 2 rings (SSSR count). The molecule has 1 fully saturated rings. The van der Waals surface area contributed by atoms with Crippen molar-refractivity contribution in [2.24, 2.45) is 5.92 Å². The second-order valence-corrected chi connectivity index (χ2v) is 4.90. The van der Waals surface area contributed by atoms with Crippen molar-refractivity contribution in [3.8, 4) is 0 Å². The fraction of sp³-hybridized carbons (Fsp3) is 0.417. The maximum Gasteiger partial charge on any atom is 0.416 e. The number of carboxylic acids is 1. The van der Waals surface area contributed by atoms with Crippen molar-refractivity contribution in [3.05, 3.63) is 34.3 Å². The van der Waals surface area contributed by atoms with Gasteiger partial charge in [-0.3, -0.25) is 4.79 Å². The lowest BCUT2D eigenvalue weighted by atomic mass is 9.96. The Morgan fingerprint density at radius 1 is 1.42 bits per heavy atom. The number of alkyl halides is 3. The van der Waals surface area contributed by atoms with Crippen LogP contribution in [0.5, 0.6) is 0 Å². The van der Waals surface area contributed by atoms with E-state index in [1.807, 2.05) is 0 Å². The van der Waals surface area contributed by atoms with Crippen molar-refractivity contribution in [1.82, 2.24) is 5.32 Å². The number of hydrogen-bond acceptors (Lipinski definition) is 2. The first-order valence-corrected chi connectivity index (χ1v) is 5.99. The average molecular weight is 294 g/mol. The van der Waals surface area contributed by atoms with Crippen molar-refractivity contribution < 1.29 is 23.1 Å². The third-order valence-electron chi connectivity index (χ3n) is 3.18. The smallest absolute Gasteiger partial charge is 0.416 e. The lowest BCUT2D eigenvalue weighted by molar-refractivity contribution is -0.141. The summed E-state index contributed by atoms with van der Waals surface area (Å²) >= 11 is 5.59. The van der Waals surface area contributed by atoms with Gasteiger partial charge < -0.3 is 10.4 Å². The van der Waals surface area contributed by atoms with Crippen LogP contribution >= 0.6 is 11.6 Å². The molecule has 0 bridgehead atoms. The van der Waals surface area contributed by atoms with Gasteiger partial charge in [-0.1, -0.05) is 17.7 Å². The molecule has 2 unspecified atom stereocenters. The summed E-state index contributed by atoms with van der Waals surface area (Å²) < 4.78 is 38.8. The van der Waals surface area contributed by atoms with Gasteiger partial charge in [-0.25, -0.2) is 0 Å². The molecule has 0 saturated carbocycles. The third kappa shape index (κ3) is 3.01. The Kier molecular flexibility index (Phi) is 3.73. The second-order valence-electron chi connectivity index (χ2n) is 4.46. The van der Waals surface area contributed by atoms with Crippen LogP contribution in [-0.2, 0) is 11.0 Å². The van der Waals surface area contributed by atoms with E-state index in [4.69, 9.17) is 16.7 Å². The molecule has 104 valence electrons. The zero-order valence-electron chi connectivity index (χ0n) is 9.67. The Balaban J connectivity index is 2.33. The molecule has 0 radical (unpaired) electrons. The topological polar surface area (TPSA) is 49.3 Å². The first kappa shape index (κ1) is 14.1. The normalized spacial score (nSPS) is 23.6. The van der Waals surface area contributed by atoms with Gasteiger partial charge >= 0.3 is 12.1 Å². The van der Waals surface area contributed by atoms with Crippen LogP contribution in [-0.4, -0.2) is 17.6 Å². The summed E-state index contributed by atoms with van der Waals surface area (Å²) in [5.74, 6) is -1.67. The minimum absolute atomic E-state index is 0.00357. The molecule has 1 heterocycles. The quantitative estimate of drug-likeness (QED) is 0.881. The molecular weight excluding hydrogens is 283 g/mol. The van der Waals surface area contributed by atoms with Crippen LogP contribution in [0.1, 0.15) is 23.6 Å². The van der Waals surface area contributed by atoms with Crippen LogP contribution in [0.3, 0.4) is 0 Å². The van der Waals surface area contributed by atoms with Crippen molar-refractivity contribution in [2.45, 2.75) is 18.6 Å². The number of aliphatic carboxylic acids is 1. The zero-order chi connectivity index (χ0) is 14.2. The van der Waals surface area contributed by atoms with Crippen molar-refractivity contribution in [2.75, 3.05) is 6.54 Å². The van der Waals surface area contributed by atoms with Gasteiger partial charge in [0.05, 0.1) is 11.5 Å². The van der Waals surface area contributed by atoms with Gasteiger partial charge in [0.1, 0.15) is 0 Å². The van der Waals surface area contributed by atoms with Crippen LogP contribution < -0.4 is 5.32 Å². The molecule has 1 aromatic rings. The summed E-state index contributed by atoms with van der Waals surface area (Å²) in [5.41, 5.74) is -0.774. The second kappa shape index (κ2) is 5.02. The molecule has 3 nitrogen and oxygen atoms in total. The van der Waals surface area contributed by atoms with E-state index in [2.05, 4.69) is 5.32 Å². The number of halogens is 4. The van der Waals surface area contributed by atoms with Crippen molar-refractivity contribution >= 4 is 17.6 Å². The molecule has 0 amide bonds. The predicted octanol–water partition coefficient (Wildman–Crippen LogP) is 3.09. The van der Waals surface area contributed by atoms with Gasteiger partial charge in [-0.15, -0.1) is 0 Å². The van der Waals surface area contributed by atoms with Gasteiger partial charge in [0.15, 0.2) is 0 Å². The van der Waals surface area contributed by atoms with Crippen LogP contribution in [0.25, 0.3) is 0 Å². The largest absolute Gasteiger partial charge is 0.481 e. The molecule has 2 N–H and O–H groups in total.